The van der Waals surface area contributed by atoms with Crippen LogP contribution in [0.5, 0.6) is 11.5 Å². The van der Waals surface area contributed by atoms with Crippen LogP contribution in [0.3, 0.4) is 0 Å². The largest absolute Gasteiger partial charge is 0.575 e. The van der Waals surface area contributed by atoms with Gasteiger partial charge in [-0.15, -0.1) is 0 Å². The van der Waals surface area contributed by atoms with E-state index in [1.54, 1.807) is 13.0 Å². The number of benzene rings is 1. The van der Waals surface area contributed by atoms with E-state index < -0.39 is 55.5 Å². The number of carboxylic acid groups (broad SMARTS) is 1. The van der Waals surface area contributed by atoms with E-state index in [0.29, 0.717) is 5.56 Å². The molecule has 0 amide bonds. The molecule has 0 spiro atoms. The van der Waals surface area contributed by atoms with Crippen molar-refractivity contribution in [2.24, 2.45) is 4.74 Å². The summed E-state index contributed by atoms with van der Waals surface area (Å²) in [4.78, 5) is 48.1. The van der Waals surface area contributed by atoms with Crippen molar-refractivity contribution in [3.05, 3.63) is 56.9 Å². The lowest BCUT2D eigenvalue weighted by Gasteiger charge is -2.24. The number of alkyl halides is 1. The van der Waals surface area contributed by atoms with Gasteiger partial charge in [0.1, 0.15) is 24.6 Å². The van der Waals surface area contributed by atoms with Crippen molar-refractivity contribution in [1.29, 1.82) is 0 Å². The minimum absolute atomic E-state index is 0.0870. The van der Waals surface area contributed by atoms with Crippen LogP contribution >= 0.6 is 8.17 Å². The average molecular weight is 630 g/mol. The number of unbranched alkanes of at least 4 members (excludes halogenated alkanes) is 2. The number of H-pyrrole nitrogens is 1. The number of hydrogen-bond acceptors (Lipinski definition) is 10. The quantitative estimate of drug-likeness (QED) is 0.207. The Kier molecular flexibility index (Phi) is 14.4. The molecule has 0 aliphatic carbocycles. The molecule has 0 bridgehead atoms. The van der Waals surface area contributed by atoms with Crippen molar-refractivity contribution in [2.45, 2.75) is 90.4 Å². The Morgan fingerprint density at radius 1 is 1.26 bits per heavy atom. The van der Waals surface area contributed by atoms with E-state index in [2.05, 4.69) is 18.6 Å². The fraction of sp³-hybridized carbons (Fsp3) is 0.607. The normalized spacial score (nSPS) is 22.4. The number of aryl methyl sites for hydroxylation is 1. The lowest BCUT2D eigenvalue weighted by atomic mass is 9.98. The van der Waals surface area contributed by atoms with Crippen LogP contribution in [0.15, 0.2) is 44.8 Å². The highest BCUT2D eigenvalue weighted by molar-refractivity contribution is 7.34. The highest BCUT2D eigenvalue weighted by Crippen LogP contribution is 2.41. The predicted octanol–water partition coefficient (Wildman–Crippen LogP) is 3.22. The number of carbonyl (C=O) groups is 1. The van der Waals surface area contributed by atoms with Gasteiger partial charge in [-0.3, -0.25) is 18.9 Å². The lowest BCUT2D eigenvalue weighted by molar-refractivity contribution is -0.169. The van der Waals surface area contributed by atoms with Crippen LogP contribution in [0, 0.1) is 6.92 Å². The van der Waals surface area contributed by atoms with Crippen LogP contribution in [0.2, 0.25) is 0 Å². The molecular formula is C28H41FN3O10P. The molecule has 1 unspecified atom stereocenters. The van der Waals surface area contributed by atoms with E-state index in [9.17, 15) is 24.4 Å². The molecule has 3 rings (SSSR count). The Hall–Kier alpha value is -3.16. The zero-order valence-corrected chi connectivity index (χ0v) is 25.9. The molecule has 1 aromatic carbocycles. The Balaban J connectivity index is 0.000000621. The standard InChI is InChI=1S/C20H23FN3O9P.C8H18O/c1-10-4-5-12(33-34(30)23-11(2)17(27)28)8-13(10)31-9-14-16(26)20(3,21)18(32-14)24-7-6-15(25)22-19(24)29;1-3-5-7-9-8-6-4-2/h4-8,11,14,16,18,26H,9H2,1-3H3,(H,27,28)(H,22,25,29);3-8H2,1-2H3/t11-,14+,16+,18+,20+;/m0./s1. The number of aromatic nitrogens is 2. The molecular weight excluding hydrogens is 588 g/mol. The number of nitrogens with one attached hydrogen (secondary N) is 1. The second-order valence-electron chi connectivity index (χ2n) is 10.2. The first kappa shape index (κ1) is 36.0. The molecule has 0 saturated carbocycles. The summed E-state index contributed by atoms with van der Waals surface area (Å²) in [5, 5.41) is 19.3. The van der Waals surface area contributed by atoms with Gasteiger partial charge in [0.25, 0.3) is 5.56 Å². The van der Waals surface area contributed by atoms with Crippen molar-refractivity contribution in [3.8, 4) is 11.5 Å². The van der Waals surface area contributed by atoms with Gasteiger partial charge in [-0.05, 0) is 45.2 Å². The second-order valence-corrected chi connectivity index (χ2v) is 11.0. The molecule has 1 saturated heterocycles. The number of halogens is 1. The smallest absolute Gasteiger partial charge is 0.395 e. The van der Waals surface area contributed by atoms with Gasteiger partial charge >= 0.3 is 19.8 Å². The number of aromatic amines is 1. The van der Waals surface area contributed by atoms with E-state index in [1.807, 2.05) is 4.98 Å². The molecule has 1 aromatic heterocycles. The highest BCUT2D eigenvalue weighted by atomic mass is 31.1. The molecule has 2 aromatic rings. The second kappa shape index (κ2) is 17.2. The molecule has 1 aliphatic heterocycles. The van der Waals surface area contributed by atoms with Gasteiger partial charge in [0.2, 0.25) is 0 Å². The van der Waals surface area contributed by atoms with E-state index >= 15 is 4.39 Å². The summed E-state index contributed by atoms with van der Waals surface area (Å²) in [6.45, 7) is 9.98. The van der Waals surface area contributed by atoms with Gasteiger partial charge < -0.3 is 29.3 Å². The number of rotatable bonds is 14. The zero-order valence-electron chi connectivity index (χ0n) is 25.0. The fourth-order valence-electron chi connectivity index (χ4n) is 3.83. The summed E-state index contributed by atoms with van der Waals surface area (Å²) in [6.07, 6.45) is 1.62. The number of nitrogens with zero attached hydrogens (tertiary/aromatic N) is 2. The van der Waals surface area contributed by atoms with Crippen molar-refractivity contribution in [2.75, 3.05) is 19.8 Å². The van der Waals surface area contributed by atoms with Gasteiger partial charge in [-0.2, -0.15) is 0 Å². The number of aliphatic carboxylic acids is 1. The molecule has 1 fully saturated rings. The summed E-state index contributed by atoms with van der Waals surface area (Å²) in [7, 11) is -2.66. The monoisotopic (exact) mass is 629 g/mol. The van der Waals surface area contributed by atoms with E-state index in [-0.39, 0.29) is 18.1 Å². The van der Waals surface area contributed by atoms with E-state index in [1.165, 1.54) is 44.7 Å². The Labute approximate surface area is 250 Å². The third-order valence-electron chi connectivity index (χ3n) is 6.48. The van der Waals surface area contributed by atoms with Gasteiger partial charge in [-0.1, -0.05) is 37.5 Å². The fourth-order valence-corrected chi connectivity index (χ4v) is 4.55. The summed E-state index contributed by atoms with van der Waals surface area (Å²) >= 11 is 0. The maximum Gasteiger partial charge on any atom is 0.395 e. The number of aliphatic hydroxyl groups excluding tert-OH is 1. The number of aliphatic hydroxyl groups is 1. The molecule has 15 heteroatoms. The van der Waals surface area contributed by atoms with Crippen LogP contribution in [-0.2, 0) is 14.3 Å². The summed E-state index contributed by atoms with van der Waals surface area (Å²) < 4.78 is 41.3. The van der Waals surface area contributed by atoms with Gasteiger partial charge in [-0.25, -0.2) is 14.0 Å². The molecule has 1 aliphatic rings. The van der Waals surface area contributed by atoms with E-state index in [4.69, 9.17) is 23.8 Å². The van der Waals surface area contributed by atoms with Crippen LogP contribution in [0.1, 0.15) is 65.2 Å². The first-order valence-electron chi connectivity index (χ1n) is 14.1. The van der Waals surface area contributed by atoms with Gasteiger partial charge in [0.05, 0.1) is 0 Å². The first-order chi connectivity index (χ1) is 20.3. The summed E-state index contributed by atoms with van der Waals surface area (Å²) in [6, 6.07) is 4.25. The van der Waals surface area contributed by atoms with Crippen molar-refractivity contribution in [1.82, 2.24) is 9.55 Å². The van der Waals surface area contributed by atoms with Crippen molar-refractivity contribution < 1.29 is 43.0 Å². The van der Waals surface area contributed by atoms with Crippen LogP contribution in [0.4, 0.5) is 4.39 Å². The molecule has 6 atom stereocenters. The van der Waals surface area contributed by atoms with Crippen LogP contribution in [-0.4, -0.2) is 69.5 Å². The maximum absolute atomic E-state index is 15.3. The Morgan fingerprint density at radius 2 is 1.91 bits per heavy atom. The molecule has 13 nitrogen and oxygen atoms in total. The zero-order chi connectivity index (χ0) is 32.2. The molecule has 3 N–H and O–H groups in total. The third-order valence-corrected chi connectivity index (χ3v) is 7.38. The summed E-state index contributed by atoms with van der Waals surface area (Å²) in [5.41, 5.74) is -3.31. The third kappa shape index (κ3) is 10.8. The molecule has 240 valence electrons. The predicted molar refractivity (Wildman–Crippen MR) is 155 cm³/mol. The number of hydrogen-bond donors (Lipinski definition) is 3. The van der Waals surface area contributed by atoms with Crippen LogP contribution < -0.4 is 25.4 Å². The minimum Gasteiger partial charge on any atom is -0.575 e. The topological polar surface area (TPSA) is 185 Å². The van der Waals surface area contributed by atoms with Gasteiger partial charge in [0.15, 0.2) is 23.7 Å². The molecule has 43 heavy (non-hydrogen) atoms. The Morgan fingerprint density at radius 3 is 2.49 bits per heavy atom. The summed E-state index contributed by atoms with van der Waals surface area (Å²) in [5.74, 6) is -0.922. The SMILES string of the molecule is CCCCOCCCC.Cc1ccc(O[P+]([O-])=N[C@@H](C)C(=O)O)cc1OC[C@H]1O[C@@H](n2ccc(=O)[nH]c2=O)[C@](C)(F)[C@@H]1O. The maximum atomic E-state index is 15.3. The lowest BCUT2D eigenvalue weighted by Crippen LogP contribution is -2.43. The van der Waals surface area contributed by atoms with E-state index in [0.717, 1.165) is 37.0 Å². The van der Waals surface area contributed by atoms with Gasteiger partial charge in [0, 0.05) is 31.5 Å². The Bertz CT molecular complexity index is 1330. The van der Waals surface area contributed by atoms with Crippen molar-refractivity contribution >= 4 is 14.1 Å². The van der Waals surface area contributed by atoms with Crippen LogP contribution in [0.25, 0.3) is 0 Å². The minimum atomic E-state index is -2.66. The number of carboxylic acids is 1. The molecule has 0 radical (unpaired) electrons. The van der Waals surface area contributed by atoms with Crippen molar-refractivity contribution in [3.63, 3.8) is 0 Å². The first-order valence-corrected chi connectivity index (χ1v) is 15.2. The number of ether oxygens (including phenoxy) is 3. The highest BCUT2D eigenvalue weighted by Gasteiger charge is 2.55. The molecule has 2 heterocycles. The average Bonchev–Trinajstić information content (AvgIpc) is 3.17.